The van der Waals surface area contributed by atoms with Crippen LogP contribution in [-0.2, 0) is 0 Å². The summed E-state index contributed by atoms with van der Waals surface area (Å²) < 4.78 is 4.99. The predicted molar refractivity (Wildman–Crippen MR) is 54.7 cm³/mol. The quantitative estimate of drug-likeness (QED) is 0.586. The van der Waals surface area contributed by atoms with Crippen molar-refractivity contribution in [1.82, 2.24) is 0 Å². The molecule has 0 saturated heterocycles. The average molecular weight is 210 g/mol. The predicted octanol–water partition coefficient (Wildman–Crippen LogP) is 1.45. The minimum Gasteiger partial charge on any atom is -0.465 e. The van der Waals surface area contributed by atoms with Gasteiger partial charge in [-0.1, -0.05) is 0 Å². The Morgan fingerprint density at radius 1 is 1.25 bits per heavy atom. The molecular formula is C11H6N4O. The van der Waals surface area contributed by atoms with Crippen LogP contribution in [-0.4, -0.2) is 0 Å². The van der Waals surface area contributed by atoms with Gasteiger partial charge >= 0.3 is 0 Å². The zero-order valence-electron chi connectivity index (χ0n) is 8.14. The normalized spacial score (nSPS) is 9.69. The second kappa shape index (κ2) is 5.05. The summed E-state index contributed by atoms with van der Waals surface area (Å²) in [7, 11) is 0. The van der Waals surface area contributed by atoms with E-state index in [1.54, 1.807) is 30.3 Å². The molecule has 1 heterocycles. The fraction of sp³-hybridized carbons (Fsp3) is 0. The zero-order chi connectivity index (χ0) is 12.0. The molecule has 0 aliphatic rings. The fourth-order valence-corrected chi connectivity index (χ4v) is 0.966. The van der Waals surface area contributed by atoms with Gasteiger partial charge in [-0.15, -0.1) is 0 Å². The standard InChI is InChI=1S/C11H6N4O/c12-5-8(4-10-2-1-3-16-10)11(15)9(6-13)7-14/h1-4H,15H2/b8-4+. The van der Waals surface area contributed by atoms with E-state index >= 15 is 0 Å². The third-order valence-electron chi connectivity index (χ3n) is 1.73. The number of hydrogen-bond acceptors (Lipinski definition) is 5. The van der Waals surface area contributed by atoms with Gasteiger partial charge in [-0.25, -0.2) is 0 Å². The minimum absolute atomic E-state index is 0.0213. The minimum atomic E-state index is -0.292. The molecule has 0 bridgehead atoms. The summed E-state index contributed by atoms with van der Waals surface area (Å²) in [5.41, 5.74) is 5.09. The Hall–Kier alpha value is -2.97. The second-order valence-electron chi connectivity index (χ2n) is 2.70. The lowest BCUT2D eigenvalue weighted by atomic mass is 10.1. The van der Waals surface area contributed by atoms with Crippen molar-refractivity contribution in [2.24, 2.45) is 5.73 Å². The van der Waals surface area contributed by atoms with Crippen molar-refractivity contribution in [3.05, 3.63) is 41.0 Å². The maximum Gasteiger partial charge on any atom is 0.153 e. The van der Waals surface area contributed by atoms with E-state index in [9.17, 15) is 0 Å². The highest BCUT2D eigenvalue weighted by Gasteiger charge is 2.08. The van der Waals surface area contributed by atoms with Gasteiger partial charge in [0.1, 0.15) is 24.0 Å². The van der Waals surface area contributed by atoms with Crippen molar-refractivity contribution in [3.63, 3.8) is 0 Å². The first-order valence-electron chi connectivity index (χ1n) is 4.18. The van der Waals surface area contributed by atoms with Crippen LogP contribution in [0.15, 0.2) is 39.7 Å². The lowest BCUT2D eigenvalue weighted by Gasteiger charge is -1.97. The van der Waals surface area contributed by atoms with Gasteiger partial charge in [0, 0.05) is 6.08 Å². The highest BCUT2D eigenvalue weighted by atomic mass is 16.3. The molecule has 1 aromatic rings. The van der Waals surface area contributed by atoms with Crippen LogP contribution in [0.5, 0.6) is 0 Å². The summed E-state index contributed by atoms with van der Waals surface area (Å²) in [4.78, 5) is 0. The largest absolute Gasteiger partial charge is 0.465 e. The number of rotatable bonds is 2. The van der Waals surface area contributed by atoms with Gasteiger partial charge < -0.3 is 10.2 Å². The number of allylic oxidation sites excluding steroid dienone is 2. The monoisotopic (exact) mass is 210 g/mol. The fourth-order valence-electron chi connectivity index (χ4n) is 0.966. The van der Waals surface area contributed by atoms with Gasteiger partial charge in [0.15, 0.2) is 5.57 Å². The highest BCUT2D eigenvalue weighted by Crippen LogP contribution is 2.13. The van der Waals surface area contributed by atoms with Crippen molar-refractivity contribution in [1.29, 1.82) is 15.8 Å². The molecule has 0 aliphatic carbocycles. The Morgan fingerprint density at radius 3 is 2.38 bits per heavy atom. The van der Waals surface area contributed by atoms with Crippen LogP contribution in [0.25, 0.3) is 6.08 Å². The summed E-state index contributed by atoms with van der Waals surface area (Å²) in [5, 5.41) is 26.0. The first kappa shape index (κ1) is 11.1. The van der Waals surface area contributed by atoms with Gasteiger partial charge in [-0.05, 0) is 12.1 Å². The molecule has 2 N–H and O–H groups in total. The van der Waals surface area contributed by atoms with E-state index in [0.717, 1.165) is 0 Å². The van der Waals surface area contributed by atoms with Crippen LogP contribution >= 0.6 is 0 Å². The number of nitrogens with zero attached hydrogens (tertiary/aromatic N) is 3. The topological polar surface area (TPSA) is 111 Å². The van der Waals surface area contributed by atoms with Crippen molar-refractivity contribution in [3.8, 4) is 18.2 Å². The van der Waals surface area contributed by atoms with Crippen molar-refractivity contribution in [2.75, 3.05) is 0 Å². The van der Waals surface area contributed by atoms with Gasteiger partial charge in [-0.2, -0.15) is 15.8 Å². The van der Waals surface area contributed by atoms with Crippen molar-refractivity contribution < 1.29 is 4.42 Å². The van der Waals surface area contributed by atoms with Crippen LogP contribution < -0.4 is 5.73 Å². The number of hydrogen-bond donors (Lipinski definition) is 1. The Kier molecular flexibility index (Phi) is 3.50. The molecule has 0 atom stereocenters. The van der Waals surface area contributed by atoms with E-state index in [0.29, 0.717) is 5.76 Å². The van der Waals surface area contributed by atoms with Crippen LogP contribution in [0.4, 0.5) is 0 Å². The van der Waals surface area contributed by atoms with E-state index in [-0.39, 0.29) is 16.8 Å². The molecule has 5 heteroatoms. The third-order valence-corrected chi connectivity index (χ3v) is 1.73. The van der Waals surface area contributed by atoms with Gasteiger partial charge in [0.25, 0.3) is 0 Å². The van der Waals surface area contributed by atoms with Crippen molar-refractivity contribution in [2.45, 2.75) is 0 Å². The molecule has 1 rings (SSSR count). The first-order chi connectivity index (χ1) is 7.72. The Bertz CT molecular complexity index is 543. The number of furan rings is 1. The average Bonchev–Trinajstić information content (AvgIpc) is 2.80. The SMILES string of the molecule is N#CC(C#N)=C(N)/C(C#N)=C/c1ccco1. The molecule has 0 aromatic carbocycles. The Balaban J connectivity index is 3.22. The van der Waals surface area contributed by atoms with E-state index in [1.165, 1.54) is 12.3 Å². The lowest BCUT2D eigenvalue weighted by Crippen LogP contribution is -2.03. The number of nitrogens with two attached hydrogens (primary N) is 1. The molecule has 5 nitrogen and oxygen atoms in total. The van der Waals surface area contributed by atoms with Gasteiger partial charge in [0.05, 0.1) is 17.5 Å². The van der Waals surface area contributed by atoms with Crippen molar-refractivity contribution >= 4 is 6.08 Å². The number of nitriles is 3. The van der Waals surface area contributed by atoms with Crippen LogP contribution in [0.2, 0.25) is 0 Å². The second-order valence-corrected chi connectivity index (χ2v) is 2.70. The summed E-state index contributed by atoms with van der Waals surface area (Å²) in [6.45, 7) is 0. The summed E-state index contributed by atoms with van der Waals surface area (Å²) in [6, 6.07) is 8.32. The maximum absolute atomic E-state index is 8.84. The molecular weight excluding hydrogens is 204 g/mol. The summed E-state index contributed by atoms with van der Waals surface area (Å²) >= 11 is 0. The smallest absolute Gasteiger partial charge is 0.153 e. The van der Waals surface area contributed by atoms with E-state index in [4.69, 9.17) is 25.9 Å². The molecule has 16 heavy (non-hydrogen) atoms. The van der Waals surface area contributed by atoms with E-state index in [2.05, 4.69) is 0 Å². The summed E-state index contributed by atoms with van der Waals surface area (Å²) in [5.74, 6) is 0.426. The van der Waals surface area contributed by atoms with E-state index in [1.807, 2.05) is 0 Å². The molecule has 0 saturated carbocycles. The van der Waals surface area contributed by atoms with Gasteiger partial charge in [0.2, 0.25) is 0 Å². The molecule has 0 unspecified atom stereocenters. The van der Waals surface area contributed by atoms with Gasteiger partial charge in [-0.3, -0.25) is 0 Å². The molecule has 0 radical (unpaired) electrons. The molecule has 0 amide bonds. The first-order valence-corrected chi connectivity index (χ1v) is 4.18. The third kappa shape index (κ3) is 2.29. The molecule has 0 fully saturated rings. The Morgan fingerprint density at radius 2 is 1.94 bits per heavy atom. The Labute approximate surface area is 91.9 Å². The van der Waals surface area contributed by atoms with Crippen LogP contribution in [0.3, 0.4) is 0 Å². The molecule has 0 aliphatic heterocycles. The highest BCUT2D eigenvalue weighted by molar-refractivity contribution is 5.63. The van der Waals surface area contributed by atoms with E-state index < -0.39 is 0 Å². The van der Waals surface area contributed by atoms with Crippen LogP contribution in [0, 0.1) is 34.0 Å². The molecule has 1 aromatic heterocycles. The lowest BCUT2D eigenvalue weighted by molar-refractivity contribution is 0.557. The molecule has 76 valence electrons. The van der Waals surface area contributed by atoms with Crippen LogP contribution in [0.1, 0.15) is 5.76 Å². The summed E-state index contributed by atoms with van der Waals surface area (Å²) in [6.07, 6.45) is 2.81. The maximum atomic E-state index is 8.84. The molecule has 0 spiro atoms. The zero-order valence-corrected chi connectivity index (χ0v) is 8.14.